The molecule has 14 heavy (non-hydrogen) atoms. The first-order chi connectivity index (χ1) is 6.75. The third-order valence-electron chi connectivity index (χ3n) is 2.45. The Kier molecular flexibility index (Phi) is 2.45. The summed E-state index contributed by atoms with van der Waals surface area (Å²) in [5.41, 5.74) is 0. The van der Waals surface area contributed by atoms with Crippen molar-refractivity contribution >= 4 is 5.82 Å². The minimum atomic E-state index is -0.471. The van der Waals surface area contributed by atoms with Crippen molar-refractivity contribution < 1.29 is 4.92 Å². The number of hydrogen-bond donors (Lipinski definition) is 1. The number of aromatic nitrogens is 2. The van der Waals surface area contributed by atoms with E-state index in [-0.39, 0.29) is 5.82 Å². The van der Waals surface area contributed by atoms with E-state index in [9.17, 15) is 10.1 Å². The number of hydrogen-bond acceptors (Lipinski definition) is 4. The molecule has 0 amide bonds. The standard InChI is InChI=1S/C8H12N4O2/c13-12(14)8-2-4-11(10-8)3-1-7-5-9-6-7/h2,4,7,9H,1,3,5-6H2. The van der Waals surface area contributed by atoms with Gasteiger partial charge in [-0.1, -0.05) is 0 Å². The van der Waals surface area contributed by atoms with Crippen LogP contribution in [0.25, 0.3) is 0 Å². The summed E-state index contributed by atoms with van der Waals surface area (Å²) in [6.07, 6.45) is 2.69. The van der Waals surface area contributed by atoms with Crippen molar-refractivity contribution in [2.45, 2.75) is 13.0 Å². The Morgan fingerprint density at radius 2 is 2.50 bits per heavy atom. The second-order valence-electron chi connectivity index (χ2n) is 3.51. The minimum Gasteiger partial charge on any atom is -0.358 e. The van der Waals surface area contributed by atoms with Gasteiger partial charge in [0, 0.05) is 0 Å². The summed E-state index contributed by atoms with van der Waals surface area (Å²) in [5.74, 6) is 0.634. The van der Waals surface area contributed by atoms with E-state index in [4.69, 9.17) is 0 Å². The Hall–Kier alpha value is -1.43. The summed E-state index contributed by atoms with van der Waals surface area (Å²) in [6, 6.07) is 1.43. The lowest BCUT2D eigenvalue weighted by molar-refractivity contribution is -0.389. The van der Waals surface area contributed by atoms with Crippen LogP contribution in [0.1, 0.15) is 6.42 Å². The maximum atomic E-state index is 10.3. The van der Waals surface area contributed by atoms with Crippen molar-refractivity contribution in [3.05, 3.63) is 22.4 Å². The maximum Gasteiger partial charge on any atom is 0.389 e. The molecule has 1 aliphatic rings. The lowest BCUT2D eigenvalue weighted by Gasteiger charge is -2.26. The van der Waals surface area contributed by atoms with E-state index >= 15 is 0 Å². The van der Waals surface area contributed by atoms with E-state index < -0.39 is 4.92 Å². The molecule has 6 heteroatoms. The van der Waals surface area contributed by atoms with E-state index in [1.807, 2.05) is 0 Å². The molecule has 1 aliphatic heterocycles. The fourth-order valence-corrected chi connectivity index (χ4v) is 1.44. The molecule has 1 aromatic rings. The zero-order chi connectivity index (χ0) is 9.97. The SMILES string of the molecule is O=[N+]([O-])c1ccn(CCC2CNC2)n1. The largest absolute Gasteiger partial charge is 0.389 e. The molecule has 6 nitrogen and oxygen atoms in total. The Morgan fingerprint density at radius 1 is 1.71 bits per heavy atom. The summed E-state index contributed by atoms with van der Waals surface area (Å²) < 4.78 is 1.64. The molecule has 0 unspecified atom stereocenters. The smallest absolute Gasteiger partial charge is 0.358 e. The van der Waals surface area contributed by atoms with Gasteiger partial charge in [-0.2, -0.15) is 4.68 Å². The molecule has 1 fully saturated rings. The van der Waals surface area contributed by atoms with Gasteiger partial charge in [-0.15, -0.1) is 0 Å². The van der Waals surface area contributed by atoms with Crippen molar-refractivity contribution in [2.24, 2.45) is 5.92 Å². The highest BCUT2D eigenvalue weighted by Crippen LogP contribution is 2.11. The molecule has 2 rings (SSSR count). The predicted molar refractivity (Wildman–Crippen MR) is 49.9 cm³/mol. The van der Waals surface area contributed by atoms with Gasteiger partial charge in [0.2, 0.25) is 0 Å². The van der Waals surface area contributed by atoms with Crippen LogP contribution in [0.15, 0.2) is 12.3 Å². The zero-order valence-electron chi connectivity index (χ0n) is 7.72. The van der Waals surface area contributed by atoms with Gasteiger partial charge in [0.1, 0.15) is 0 Å². The number of nitrogens with one attached hydrogen (secondary N) is 1. The summed E-state index contributed by atoms with van der Waals surface area (Å²) in [4.78, 5) is 9.87. The first kappa shape index (κ1) is 9.14. The summed E-state index contributed by atoms with van der Waals surface area (Å²) in [6.45, 7) is 2.88. The fourth-order valence-electron chi connectivity index (χ4n) is 1.44. The van der Waals surface area contributed by atoms with E-state index in [0.717, 1.165) is 26.1 Å². The van der Waals surface area contributed by atoms with E-state index in [1.165, 1.54) is 6.07 Å². The van der Waals surface area contributed by atoms with Crippen molar-refractivity contribution in [1.82, 2.24) is 15.1 Å². The third kappa shape index (κ3) is 1.90. The Balaban J connectivity index is 1.86. The van der Waals surface area contributed by atoms with Crippen LogP contribution in [0.4, 0.5) is 5.82 Å². The van der Waals surface area contributed by atoms with Crippen LogP contribution in [0.2, 0.25) is 0 Å². The molecule has 0 atom stereocenters. The molecular formula is C8H12N4O2. The first-order valence-electron chi connectivity index (χ1n) is 4.64. The van der Waals surface area contributed by atoms with Crippen molar-refractivity contribution in [3.63, 3.8) is 0 Å². The van der Waals surface area contributed by atoms with Gasteiger partial charge in [0.05, 0.1) is 23.9 Å². The molecule has 0 aliphatic carbocycles. The van der Waals surface area contributed by atoms with Gasteiger partial charge >= 0.3 is 5.82 Å². The minimum absolute atomic E-state index is 0.0725. The van der Waals surface area contributed by atoms with Gasteiger partial charge in [-0.05, 0) is 30.4 Å². The fraction of sp³-hybridized carbons (Fsp3) is 0.625. The monoisotopic (exact) mass is 196 g/mol. The molecule has 0 aromatic carbocycles. The zero-order valence-corrected chi connectivity index (χ0v) is 7.72. The van der Waals surface area contributed by atoms with E-state index in [2.05, 4.69) is 10.4 Å². The molecular weight excluding hydrogens is 184 g/mol. The highest BCUT2D eigenvalue weighted by Gasteiger charge is 2.17. The number of rotatable bonds is 4. The van der Waals surface area contributed by atoms with Crippen LogP contribution in [-0.4, -0.2) is 27.8 Å². The predicted octanol–water partition coefficient (Wildman–Crippen LogP) is 0.401. The van der Waals surface area contributed by atoms with Crippen molar-refractivity contribution in [1.29, 1.82) is 0 Å². The molecule has 0 radical (unpaired) electrons. The van der Waals surface area contributed by atoms with E-state index in [1.54, 1.807) is 10.9 Å². The topological polar surface area (TPSA) is 73.0 Å². The quantitative estimate of drug-likeness (QED) is 0.558. The van der Waals surface area contributed by atoms with Crippen LogP contribution in [0.5, 0.6) is 0 Å². The van der Waals surface area contributed by atoms with Gasteiger partial charge in [0.15, 0.2) is 0 Å². The second-order valence-corrected chi connectivity index (χ2v) is 3.51. The van der Waals surface area contributed by atoms with Gasteiger partial charge in [-0.3, -0.25) is 0 Å². The van der Waals surface area contributed by atoms with Crippen LogP contribution in [-0.2, 0) is 6.54 Å². The molecule has 1 aromatic heterocycles. The molecule has 0 bridgehead atoms. The molecule has 1 N–H and O–H groups in total. The number of nitrogens with zero attached hydrogens (tertiary/aromatic N) is 3. The van der Waals surface area contributed by atoms with Crippen LogP contribution >= 0.6 is 0 Å². The second kappa shape index (κ2) is 3.75. The molecule has 0 saturated carbocycles. The lowest BCUT2D eigenvalue weighted by Crippen LogP contribution is -2.42. The first-order valence-corrected chi connectivity index (χ1v) is 4.64. The van der Waals surface area contributed by atoms with Crippen LogP contribution in [0, 0.1) is 16.0 Å². The summed E-state index contributed by atoms with van der Waals surface area (Å²) in [7, 11) is 0. The molecule has 76 valence electrons. The van der Waals surface area contributed by atoms with Crippen molar-refractivity contribution in [2.75, 3.05) is 13.1 Å². The third-order valence-corrected chi connectivity index (χ3v) is 2.45. The Bertz CT molecular complexity index is 332. The molecule has 1 saturated heterocycles. The highest BCUT2D eigenvalue weighted by atomic mass is 16.6. The molecule has 2 heterocycles. The van der Waals surface area contributed by atoms with Crippen LogP contribution in [0.3, 0.4) is 0 Å². The molecule has 0 spiro atoms. The lowest BCUT2D eigenvalue weighted by atomic mass is 10.00. The maximum absolute atomic E-state index is 10.3. The normalized spacial score (nSPS) is 16.6. The summed E-state index contributed by atoms with van der Waals surface area (Å²) >= 11 is 0. The van der Waals surface area contributed by atoms with Crippen LogP contribution < -0.4 is 5.32 Å². The number of nitro groups is 1. The summed E-state index contributed by atoms with van der Waals surface area (Å²) in [5, 5.41) is 17.4. The van der Waals surface area contributed by atoms with Crippen molar-refractivity contribution in [3.8, 4) is 0 Å². The van der Waals surface area contributed by atoms with Gasteiger partial charge in [0.25, 0.3) is 0 Å². The Labute approximate surface area is 81.1 Å². The Morgan fingerprint density at radius 3 is 3.00 bits per heavy atom. The number of aryl methyl sites for hydroxylation is 1. The average molecular weight is 196 g/mol. The average Bonchev–Trinajstić information content (AvgIpc) is 2.50. The highest BCUT2D eigenvalue weighted by molar-refractivity contribution is 5.13. The van der Waals surface area contributed by atoms with Gasteiger partial charge < -0.3 is 15.4 Å². The van der Waals surface area contributed by atoms with Gasteiger partial charge in [-0.25, -0.2) is 0 Å². The van der Waals surface area contributed by atoms with E-state index in [0.29, 0.717) is 5.92 Å².